The van der Waals surface area contributed by atoms with E-state index in [0.29, 0.717) is 46.7 Å². The predicted octanol–water partition coefficient (Wildman–Crippen LogP) is 3.90. The van der Waals surface area contributed by atoms with E-state index < -0.39 is 5.91 Å². The Balaban J connectivity index is 1.41. The van der Waals surface area contributed by atoms with Crippen molar-refractivity contribution in [2.24, 2.45) is 5.92 Å². The Labute approximate surface area is 175 Å². The number of carbonyl (C=O) groups excluding carboxylic acids is 3. The van der Waals surface area contributed by atoms with Gasteiger partial charge in [-0.15, -0.1) is 0 Å². The first-order valence-corrected chi connectivity index (χ1v) is 10.6. The van der Waals surface area contributed by atoms with Crippen LogP contribution in [0, 0.1) is 5.92 Å². The number of amides is 3. The molecule has 0 unspecified atom stereocenters. The van der Waals surface area contributed by atoms with E-state index in [4.69, 9.17) is 4.74 Å². The van der Waals surface area contributed by atoms with Crippen molar-refractivity contribution < 1.29 is 19.1 Å². The Bertz CT molecular complexity index is 1020. The number of hydrogen-bond acceptors (Lipinski definition) is 4. The SMILES string of the molecule is CCOc1ccc(N2C(=O)c3ccc(C(=O)N(CC4CC4)C4CC4)cc3C2=O)cc1. The fraction of sp³-hybridized carbons (Fsp3) is 0.375. The zero-order valence-corrected chi connectivity index (χ0v) is 17.0. The minimum absolute atomic E-state index is 0.0352. The summed E-state index contributed by atoms with van der Waals surface area (Å²) in [6.45, 7) is 3.24. The molecule has 5 rings (SSSR count). The van der Waals surface area contributed by atoms with Gasteiger partial charge in [0.1, 0.15) is 5.75 Å². The minimum atomic E-state index is -0.394. The van der Waals surface area contributed by atoms with E-state index in [1.807, 2.05) is 11.8 Å². The van der Waals surface area contributed by atoms with Crippen molar-refractivity contribution in [3.8, 4) is 5.75 Å². The molecule has 3 aliphatic rings. The Hall–Kier alpha value is -3.15. The Morgan fingerprint density at radius 2 is 1.70 bits per heavy atom. The number of nitrogens with zero attached hydrogens (tertiary/aromatic N) is 2. The van der Waals surface area contributed by atoms with Gasteiger partial charge in [0.2, 0.25) is 0 Å². The van der Waals surface area contributed by atoms with E-state index >= 15 is 0 Å². The van der Waals surface area contributed by atoms with Crippen molar-refractivity contribution in [2.45, 2.75) is 38.6 Å². The molecule has 0 spiro atoms. The van der Waals surface area contributed by atoms with Gasteiger partial charge in [0.05, 0.1) is 23.4 Å². The van der Waals surface area contributed by atoms with Gasteiger partial charge < -0.3 is 9.64 Å². The van der Waals surface area contributed by atoms with Crippen LogP contribution in [0.4, 0.5) is 5.69 Å². The van der Waals surface area contributed by atoms with E-state index in [9.17, 15) is 14.4 Å². The van der Waals surface area contributed by atoms with Crippen molar-refractivity contribution in [2.75, 3.05) is 18.1 Å². The van der Waals surface area contributed by atoms with Crippen molar-refractivity contribution in [3.63, 3.8) is 0 Å². The molecule has 0 radical (unpaired) electrons. The topological polar surface area (TPSA) is 66.9 Å². The van der Waals surface area contributed by atoms with E-state index in [1.165, 1.54) is 12.8 Å². The second-order valence-electron chi connectivity index (χ2n) is 8.27. The summed E-state index contributed by atoms with van der Waals surface area (Å²) in [6.07, 6.45) is 4.47. The van der Waals surface area contributed by atoms with E-state index in [-0.39, 0.29) is 11.8 Å². The molecule has 30 heavy (non-hydrogen) atoms. The van der Waals surface area contributed by atoms with E-state index in [0.717, 1.165) is 24.3 Å². The molecule has 0 N–H and O–H groups in total. The Morgan fingerprint density at radius 3 is 2.33 bits per heavy atom. The molecule has 0 aromatic heterocycles. The molecule has 6 heteroatoms. The number of hydrogen-bond donors (Lipinski definition) is 0. The highest BCUT2D eigenvalue weighted by Crippen LogP contribution is 2.36. The van der Waals surface area contributed by atoms with Gasteiger partial charge in [-0.25, -0.2) is 4.90 Å². The molecule has 3 amide bonds. The van der Waals surface area contributed by atoms with Gasteiger partial charge in [0.25, 0.3) is 17.7 Å². The lowest BCUT2D eigenvalue weighted by atomic mass is 10.0. The van der Waals surface area contributed by atoms with Crippen LogP contribution in [0.25, 0.3) is 0 Å². The van der Waals surface area contributed by atoms with Gasteiger partial charge in [0.15, 0.2) is 0 Å². The highest BCUT2D eigenvalue weighted by Gasteiger charge is 2.40. The summed E-state index contributed by atoms with van der Waals surface area (Å²) >= 11 is 0. The third-order valence-electron chi connectivity index (χ3n) is 5.94. The summed E-state index contributed by atoms with van der Waals surface area (Å²) in [7, 11) is 0. The van der Waals surface area contributed by atoms with E-state index in [1.54, 1.807) is 42.5 Å². The van der Waals surface area contributed by atoms with Crippen molar-refractivity contribution in [1.82, 2.24) is 4.90 Å². The van der Waals surface area contributed by atoms with Gasteiger partial charge in [-0.05, 0) is 81.0 Å². The highest BCUT2D eigenvalue weighted by atomic mass is 16.5. The molecule has 154 valence electrons. The molecule has 2 saturated carbocycles. The maximum absolute atomic E-state index is 13.1. The first-order valence-electron chi connectivity index (χ1n) is 10.6. The average molecular weight is 404 g/mol. The van der Waals surface area contributed by atoms with Gasteiger partial charge in [-0.1, -0.05) is 0 Å². The highest BCUT2D eigenvalue weighted by molar-refractivity contribution is 6.34. The number of fused-ring (bicyclic) bond motifs is 1. The first kappa shape index (κ1) is 18.9. The Kier molecular flexibility index (Phi) is 4.57. The number of ether oxygens (including phenoxy) is 1. The van der Waals surface area contributed by atoms with Crippen LogP contribution >= 0.6 is 0 Å². The molecular weight excluding hydrogens is 380 g/mol. The molecular formula is C24H24N2O4. The smallest absolute Gasteiger partial charge is 0.266 e. The second kappa shape index (κ2) is 7.27. The molecule has 2 aromatic carbocycles. The number of benzene rings is 2. The quantitative estimate of drug-likeness (QED) is 0.657. The van der Waals surface area contributed by atoms with Crippen LogP contribution in [0.5, 0.6) is 5.75 Å². The lowest BCUT2D eigenvalue weighted by Gasteiger charge is -2.22. The maximum atomic E-state index is 13.1. The van der Waals surface area contributed by atoms with E-state index in [2.05, 4.69) is 0 Å². The molecule has 0 atom stereocenters. The molecule has 1 heterocycles. The van der Waals surface area contributed by atoms with Crippen LogP contribution < -0.4 is 9.64 Å². The molecule has 6 nitrogen and oxygen atoms in total. The normalized spacial score (nSPS) is 17.8. The fourth-order valence-corrected chi connectivity index (χ4v) is 3.99. The minimum Gasteiger partial charge on any atom is -0.494 e. The van der Waals surface area contributed by atoms with Crippen LogP contribution in [0.1, 0.15) is 63.7 Å². The number of imide groups is 1. The zero-order valence-electron chi connectivity index (χ0n) is 17.0. The number of anilines is 1. The lowest BCUT2D eigenvalue weighted by molar-refractivity contribution is 0.0734. The van der Waals surface area contributed by atoms with Crippen molar-refractivity contribution >= 4 is 23.4 Å². The summed E-state index contributed by atoms with van der Waals surface area (Å²) in [5, 5.41) is 0. The monoisotopic (exact) mass is 404 g/mol. The summed E-state index contributed by atoms with van der Waals surface area (Å²) in [4.78, 5) is 42.2. The summed E-state index contributed by atoms with van der Waals surface area (Å²) in [6, 6.07) is 12.1. The van der Waals surface area contributed by atoms with Crippen LogP contribution in [0.15, 0.2) is 42.5 Å². The van der Waals surface area contributed by atoms with Crippen LogP contribution in [0.2, 0.25) is 0 Å². The molecule has 0 bridgehead atoms. The van der Waals surface area contributed by atoms with Gasteiger partial charge in [-0.3, -0.25) is 14.4 Å². The number of carbonyl (C=O) groups is 3. The Morgan fingerprint density at radius 1 is 1.00 bits per heavy atom. The first-order chi connectivity index (χ1) is 14.6. The average Bonchev–Trinajstić information content (AvgIpc) is 3.67. The van der Waals surface area contributed by atoms with Crippen LogP contribution in [-0.4, -0.2) is 41.8 Å². The second-order valence-corrected chi connectivity index (χ2v) is 8.27. The van der Waals surface area contributed by atoms with Crippen LogP contribution in [0.3, 0.4) is 0 Å². The van der Waals surface area contributed by atoms with Crippen molar-refractivity contribution in [1.29, 1.82) is 0 Å². The summed E-state index contributed by atoms with van der Waals surface area (Å²) < 4.78 is 5.43. The van der Waals surface area contributed by atoms with Crippen LogP contribution in [-0.2, 0) is 0 Å². The molecule has 2 aliphatic carbocycles. The summed E-state index contributed by atoms with van der Waals surface area (Å²) in [5.41, 5.74) is 1.61. The molecule has 1 aliphatic heterocycles. The van der Waals surface area contributed by atoms with Gasteiger partial charge in [-0.2, -0.15) is 0 Å². The molecule has 0 saturated heterocycles. The van der Waals surface area contributed by atoms with Gasteiger partial charge >= 0.3 is 0 Å². The van der Waals surface area contributed by atoms with Crippen molar-refractivity contribution in [3.05, 3.63) is 59.2 Å². The molecule has 2 aromatic rings. The maximum Gasteiger partial charge on any atom is 0.266 e. The summed E-state index contributed by atoms with van der Waals surface area (Å²) in [5.74, 6) is 0.500. The lowest BCUT2D eigenvalue weighted by Crippen LogP contribution is -2.35. The zero-order chi connectivity index (χ0) is 20.8. The standard InChI is InChI=1S/C24H24N2O4/c1-2-30-19-10-8-18(9-11-19)26-23(28)20-12-5-16(13-21(20)24(26)29)22(27)25(17-6-7-17)14-15-3-4-15/h5,8-13,15,17H,2-4,6-7,14H2,1H3. The van der Waals surface area contributed by atoms with Gasteiger partial charge in [0, 0.05) is 18.2 Å². The number of rotatable bonds is 7. The fourth-order valence-electron chi connectivity index (χ4n) is 3.99. The third-order valence-corrected chi connectivity index (χ3v) is 5.94. The predicted molar refractivity (Wildman–Crippen MR) is 112 cm³/mol. The molecule has 2 fully saturated rings. The third kappa shape index (κ3) is 3.36. The largest absolute Gasteiger partial charge is 0.494 e.